The number of pyridine rings is 1. The standard InChI is InChI=1S/C24H26N6O/c25-12-17(13-26)20-6-3-7-21(27-20)24(31)28-23-10-16-14-30(18-4-1-2-5-18)29-22(16)11-19(23)15-8-9-15/h3,6-7,10-15,18,25H,1-2,4-5,8-9,26H2,(H,28,31)/b17-13+,25-12?. The average molecular weight is 415 g/mol. The molecule has 0 aliphatic heterocycles. The number of nitrogens with two attached hydrogens (primary N) is 1. The Kier molecular flexibility index (Phi) is 5.02. The van der Waals surface area contributed by atoms with Gasteiger partial charge in [-0.2, -0.15) is 5.10 Å². The molecule has 3 aromatic rings. The van der Waals surface area contributed by atoms with Crippen molar-refractivity contribution in [3.8, 4) is 0 Å². The number of anilines is 1. The molecule has 1 amide bonds. The molecule has 0 unspecified atom stereocenters. The number of rotatable bonds is 6. The summed E-state index contributed by atoms with van der Waals surface area (Å²) >= 11 is 0. The van der Waals surface area contributed by atoms with Gasteiger partial charge < -0.3 is 16.5 Å². The van der Waals surface area contributed by atoms with Gasteiger partial charge in [0, 0.05) is 35.3 Å². The van der Waals surface area contributed by atoms with Gasteiger partial charge in [-0.05, 0) is 61.4 Å². The fourth-order valence-corrected chi connectivity index (χ4v) is 4.42. The maximum absolute atomic E-state index is 13.0. The molecule has 2 aliphatic rings. The number of allylic oxidation sites excluding steroid dienone is 1. The van der Waals surface area contributed by atoms with Crippen LogP contribution in [0.4, 0.5) is 5.69 Å². The summed E-state index contributed by atoms with van der Waals surface area (Å²) in [6.07, 6.45) is 11.7. The summed E-state index contributed by atoms with van der Waals surface area (Å²) in [5, 5.41) is 16.4. The molecule has 7 nitrogen and oxygen atoms in total. The molecule has 158 valence electrons. The zero-order chi connectivity index (χ0) is 21.4. The molecule has 1 aromatic carbocycles. The average Bonchev–Trinajstić information content (AvgIpc) is 3.31. The van der Waals surface area contributed by atoms with Gasteiger partial charge in [0.1, 0.15) is 5.69 Å². The van der Waals surface area contributed by atoms with Gasteiger partial charge in [0.15, 0.2) is 0 Å². The smallest absolute Gasteiger partial charge is 0.274 e. The number of hydrogen-bond donors (Lipinski definition) is 3. The molecule has 0 radical (unpaired) electrons. The van der Waals surface area contributed by atoms with Crippen molar-refractivity contribution < 1.29 is 4.79 Å². The Morgan fingerprint density at radius 2 is 1.94 bits per heavy atom. The first-order valence-corrected chi connectivity index (χ1v) is 10.9. The van der Waals surface area contributed by atoms with Gasteiger partial charge in [-0.3, -0.25) is 9.48 Å². The van der Waals surface area contributed by atoms with E-state index in [4.69, 9.17) is 16.2 Å². The third-order valence-corrected chi connectivity index (χ3v) is 6.27. The van der Waals surface area contributed by atoms with Gasteiger partial charge >= 0.3 is 0 Å². The molecule has 7 heteroatoms. The van der Waals surface area contributed by atoms with Crippen molar-refractivity contribution in [2.75, 3.05) is 5.32 Å². The zero-order valence-corrected chi connectivity index (χ0v) is 17.3. The van der Waals surface area contributed by atoms with Crippen LogP contribution in [0.15, 0.2) is 42.7 Å². The summed E-state index contributed by atoms with van der Waals surface area (Å²) in [5.74, 6) is 0.202. The van der Waals surface area contributed by atoms with Gasteiger partial charge in [-0.25, -0.2) is 4.98 Å². The highest BCUT2D eigenvalue weighted by atomic mass is 16.1. The van der Waals surface area contributed by atoms with E-state index in [9.17, 15) is 4.79 Å². The molecule has 0 atom stereocenters. The maximum Gasteiger partial charge on any atom is 0.274 e. The quantitative estimate of drug-likeness (QED) is 0.511. The van der Waals surface area contributed by atoms with Gasteiger partial charge in [0.2, 0.25) is 0 Å². The molecular formula is C24H26N6O. The van der Waals surface area contributed by atoms with E-state index >= 15 is 0 Å². The largest absolute Gasteiger partial charge is 0.404 e. The Hall–Kier alpha value is -3.48. The van der Waals surface area contributed by atoms with Crippen LogP contribution in [0.25, 0.3) is 16.5 Å². The lowest BCUT2D eigenvalue weighted by molar-refractivity contribution is 0.102. The number of fused-ring (bicyclic) bond motifs is 1. The van der Waals surface area contributed by atoms with Gasteiger partial charge in [-0.1, -0.05) is 18.9 Å². The summed E-state index contributed by atoms with van der Waals surface area (Å²) in [7, 11) is 0. The van der Waals surface area contributed by atoms with E-state index in [1.54, 1.807) is 18.2 Å². The van der Waals surface area contributed by atoms with Crippen LogP contribution in [0.5, 0.6) is 0 Å². The van der Waals surface area contributed by atoms with Crippen molar-refractivity contribution in [3.05, 3.63) is 59.7 Å². The summed E-state index contributed by atoms with van der Waals surface area (Å²) in [5.41, 5.74) is 9.80. The van der Waals surface area contributed by atoms with Crippen LogP contribution in [0.3, 0.4) is 0 Å². The monoisotopic (exact) mass is 414 g/mol. The molecular weight excluding hydrogens is 388 g/mol. The predicted molar refractivity (Wildman–Crippen MR) is 122 cm³/mol. The molecule has 0 spiro atoms. The fourth-order valence-electron chi connectivity index (χ4n) is 4.42. The second-order valence-electron chi connectivity index (χ2n) is 8.45. The van der Waals surface area contributed by atoms with Crippen LogP contribution in [0.1, 0.15) is 72.2 Å². The molecule has 5 rings (SSSR count). The van der Waals surface area contributed by atoms with E-state index in [0.29, 0.717) is 28.9 Å². The Morgan fingerprint density at radius 1 is 1.16 bits per heavy atom. The van der Waals surface area contributed by atoms with Crippen molar-refractivity contribution in [1.29, 1.82) is 5.41 Å². The highest BCUT2D eigenvalue weighted by Gasteiger charge is 2.28. The minimum absolute atomic E-state index is 0.271. The summed E-state index contributed by atoms with van der Waals surface area (Å²) in [6.45, 7) is 0. The van der Waals surface area contributed by atoms with Crippen molar-refractivity contribution in [2.24, 2.45) is 5.73 Å². The summed E-state index contributed by atoms with van der Waals surface area (Å²) < 4.78 is 2.11. The normalized spacial score (nSPS) is 17.2. The maximum atomic E-state index is 13.0. The third-order valence-electron chi connectivity index (χ3n) is 6.27. The highest BCUT2D eigenvalue weighted by molar-refractivity contribution is 6.08. The topological polar surface area (TPSA) is 110 Å². The van der Waals surface area contributed by atoms with E-state index in [0.717, 1.165) is 41.2 Å². The molecule has 2 saturated carbocycles. The first-order chi connectivity index (χ1) is 15.2. The molecule has 2 fully saturated rings. The van der Waals surface area contributed by atoms with Crippen molar-refractivity contribution >= 4 is 34.3 Å². The van der Waals surface area contributed by atoms with Gasteiger partial charge in [0.25, 0.3) is 5.91 Å². The van der Waals surface area contributed by atoms with Gasteiger partial charge in [0.05, 0.1) is 17.3 Å². The Balaban J connectivity index is 1.46. The Morgan fingerprint density at radius 3 is 2.65 bits per heavy atom. The van der Waals surface area contributed by atoms with Crippen molar-refractivity contribution in [1.82, 2.24) is 14.8 Å². The van der Waals surface area contributed by atoms with Crippen LogP contribution >= 0.6 is 0 Å². The van der Waals surface area contributed by atoms with E-state index in [-0.39, 0.29) is 5.91 Å². The van der Waals surface area contributed by atoms with Crippen LogP contribution in [-0.2, 0) is 0 Å². The number of carbonyl (C=O) groups excluding carboxylic acids is 1. The second-order valence-corrected chi connectivity index (χ2v) is 8.45. The van der Waals surface area contributed by atoms with Crippen LogP contribution in [-0.4, -0.2) is 26.9 Å². The third kappa shape index (κ3) is 3.83. The highest BCUT2D eigenvalue weighted by Crippen LogP contribution is 2.45. The van der Waals surface area contributed by atoms with Crippen LogP contribution in [0, 0.1) is 5.41 Å². The molecule has 2 heterocycles. The number of amides is 1. The number of benzene rings is 1. The lowest BCUT2D eigenvalue weighted by Crippen LogP contribution is -2.15. The van der Waals surface area contributed by atoms with E-state index < -0.39 is 0 Å². The van der Waals surface area contributed by atoms with E-state index in [2.05, 4.69) is 27.2 Å². The SMILES string of the molecule is N=C/C(=C\N)c1cccc(C(=O)Nc2cc3cn(C4CCCC4)nc3cc2C2CC2)n1. The number of hydrogen-bond acceptors (Lipinski definition) is 5. The molecule has 0 saturated heterocycles. The minimum Gasteiger partial charge on any atom is -0.404 e. The van der Waals surface area contributed by atoms with Gasteiger partial charge in [-0.15, -0.1) is 0 Å². The second kappa shape index (κ2) is 7.98. The zero-order valence-electron chi connectivity index (χ0n) is 17.3. The minimum atomic E-state index is -0.271. The number of nitrogens with zero attached hydrogens (tertiary/aromatic N) is 3. The lowest BCUT2D eigenvalue weighted by atomic mass is 10.1. The molecule has 2 aromatic heterocycles. The van der Waals surface area contributed by atoms with Crippen LogP contribution in [0.2, 0.25) is 0 Å². The Labute approximate surface area is 180 Å². The lowest BCUT2D eigenvalue weighted by Gasteiger charge is -2.11. The summed E-state index contributed by atoms with van der Waals surface area (Å²) in [4.78, 5) is 17.4. The van der Waals surface area contributed by atoms with Crippen molar-refractivity contribution in [2.45, 2.75) is 50.5 Å². The summed E-state index contributed by atoms with van der Waals surface area (Å²) in [6, 6.07) is 9.83. The fraction of sp³-hybridized carbons (Fsp3) is 0.333. The van der Waals surface area contributed by atoms with Crippen molar-refractivity contribution in [3.63, 3.8) is 0 Å². The molecule has 2 aliphatic carbocycles. The first kappa shape index (κ1) is 19.5. The number of carbonyl (C=O) groups is 1. The molecule has 0 bridgehead atoms. The van der Waals surface area contributed by atoms with Crippen LogP contribution < -0.4 is 11.1 Å². The molecule has 31 heavy (non-hydrogen) atoms. The van der Waals surface area contributed by atoms with E-state index in [1.165, 1.54) is 31.9 Å². The van der Waals surface area contributed by atoms with E-state index in [1.807, 2.05) is 6.07 Å². The molecule has 4 N–H and O–H groups in total. The Bertz CT molecular complexity index is 1180. The number of aromatic nitrogens is 3. The first-order valence-electron chi connectivity index (χ1n) is 10.9. The number of nitrogens with one attached hydrogen (secondary N) is 2. The predicted octanol–water partition coefficient (Wildman–Crippen LogP) is 4.63.